The molecule has 1 aromatic carbocycles. The molecular formula is C18H22F3IN6S. The minimum absolute atomic E-state index is 0. The lowest BCUT2D eigenvalue weighted by Crippen LogP contribution is -2.39. The number of aromatic nitrogens is 3. The standard InChI is InChI=1S/C18H21F3N6S.HI/c1-12-25-13-5-3-4-6-14(13)27(12)10-9-24-17(22-2)23-8-7-16-26-15(11-28-16)18(19,20)21;/h3-6,11H,7-10H2,1-2H3,(H2,22,23,24);1H. The van der Waals surface area contributed by atoms with Gasteiger partial charge in [-0.1, -0.05) is 12.1 Å². The highest BCUT2D eigenvalue weighted by molar-refractivity contribution is 14.0. The molecule has 2 N–H and O–H groups in total. The first-order chi connectivity index (χ1) is 13.4. The highest BCUT2D eigenvalue weighted by atomic mass is 127. The monoisotopic (exact) mass is 538 g/mol. The molecule has 158 valence electrons. The van der Waals surface area contributed by atoms with Gasteiger partial charge in [-0.15, -0.1) is 35.3 Å². The second-order valence-corrected chi connectivity index (χ2v) is 7.04. The van der Waals surface area contributed by atoms with Crippen LogP contribution >= 0.6 is 35.3 Å². The maximum Gasteiger partial charge on any atom is 0.434 e. The largest absolute Gasteiger partial charge is 0.434 e. The maximum absolute atomic E-state index is 12.6. The minimum Gasteiger partial charge on any atom is -0.356 e. The van der Waals surface area contributed by atoms with Gasteiger partial charge < -0.3 is 15.2 Å². The molecule has 0 aliphatic carbocycles. The fourth-order valence-corrected chi connectivity index (χ4v) is 3.63. The second kappa shape index (κ2) is 10.2. The molecular weight excluding hydrogens is 516 g/mol. The molecule has 0 saturated carbocycles. The number of alkyl halides is 3. The Hall–Kier alpha value is -1.89. The molecule has 0 atom stereocenters. The van der Waals surface area contributed by atoms with Crippen LogP contribution < -0.4 is 10.6 Å². The molecule has 2 heterocycles. The van der Waals surface area contributed by atoms with Gasteiger partial charge in [0, 0.05) is 38.5 Å². The molecule has 0 aliphatic heterocycles. The van der Waals surface area contributed by atoms with E-state index in [9.17, 15) is 13.2 Å². The van der Waals surface area contributed by atoms with Gasteiger partial charge in [-0.3, -0.25) is 4.99 Å². The zero-order valence-electron chi connectivity index (χ0n) is 16.0. The van der Waals surface area contributed by atoms with Crippen LogP contribution in [0.5, 0.6) is 0 Å². The van der Waals surface area contributed by atoms with Gasteiger partial charge in [0.2, 0.25) is 0 Å². The average molecular weight is 538 g/mol. The molecule has 0 spiro atoms. The van der Waals surface area contributed by atoms with Crippen molar-refractivity contribution in [1.82, 2.24) is 25.2 Å². The van der Waals surface area contributed by atoms with Crippen LogP contribution in [0.3, 0.4) is 0 Å². The molecule has 2 aromatic heterocycles. The fraction of sp³-hybridized carbons (Fsp3) is 0.389. The summed E-state index contributed by atoms with van der Waals surface area (Å²) >= 11 is 1.01. The molecule has 0 amide bonds. The number of nitrogens with zero attached hydrogens (tertiary/aromatic N) is 4. The van der Waals surface area contributed by atoms with Crippen molar-refractivity contribution in [1.29, 1.82) is 0 Å². The van der Waals surface area contributed by atoms with Crippen LogP contribution in [-0.2, 0) is 19.1 Å². The number of aliphatic imine (C=N–C) groups is 1. The van der Waals surface area contributed by atoms with Gasteiger partial charge in [0.25, 0.3) is 0 Å². The molecule has 11 heteroatoms. The Balaban J connectivity index is 0.00000300. The Labute approximate surface area is 187 Å². The summed E-state index contributed by atoms with van der Waals surface area (Å²) in [4.78, 5) is 12.3. The van der Waals surface area contributed by atoms with Gasteiger partial charge in [-0.25, -0.2) is 9.97 Å². The number of imidazole rings is 1. The number of rotatable bonds is 6. The van der Waals surface area contributed by atoms with E-state index in [1.54, 1.807) is 7.05 Å². The van der Waals surface area contributed by atoms with Crippen molar-refractivity contribution in [2.75, 3.05) is 20.1 Å². The van der Waals surface area contributed by atoms with E-state index in [-0.39, 0.29) is 24.0 Å². The third-order valence-electron chi connectivity index (χ3n) is 4.17. The summed E-state index contributed by atoms with van der Waals surface area (Å²) in [5, 5.41) is 7.79. The first-order valence-electron chi connectivity index (χ1n) is 8.76. The Kier molecular flexibility index (Phi) is 8.25. The molecule has 0 radical (unpaired) electrons. The van der Waals surface area contributed by atoms with Crippen LogP contribution in [0.25, 0.3) is 11.0 Å². The number of hydrogen-bond donors (Lipinski definition) is 2. The van der Waals surface area contributed by atoms with E-state index in [0.717, 1.165) is 33.6 Å². The smallest absolute Gasteiger partial charge is 0.356 e. The third kappa shape index (κ3) is 6.04. The van der Waals surface area contributed by atoms with E-state index >= 15 is 0 Å². The van der Waals surface area contributed by atoms with E-state index in [1.807, 2.05) is 31.2 Å². The summed E-state index contributed by atoms with van der Waals surface area (Å²) in [5.41, 5.74) is 1.20. The molecule has 0 unspecified atom stereocenters. The molecule has 0 aliphatic rings. The van der Waals surface area contributed by atoms with Crippen LogP contribution in [0, 0.1) is 6.92 Å². The highest BCUT2D eigenvalue weighted by Crippen LogP contribution is 2.30. The molecule has 3 aromatic rings. The van der Waals surface area contributed by atoms with Crippen LogP contribution in [0.15, 0.2) is 34.6 Å². The SMILES string of the molecule is CN=C(NCCc1nc(C(F)(F)F)cs1)NCCn1c(C)nc2ccccc21.I. The summed E-state index contributed by atoms with van der Waals surface area (Å²) in [6.45, 7) is 3.76. The summed E-state index contributed by atoms with van der Waals surface area (Å²) in [6, 6.07) is 7.96. The van der Waals surface area contributed by atoms with E-state index in [1.165, 1.54) is 0 Å². The van der Waals surface area contributed by atoms with Gasteiger partial charge in [-0.05, 0) is 19.1 Å². The van der Waals surface area contributed by atoms with Crippen molar-refractivity contribution in [3.63, 3.8) is 0 Å². The predicted octanol–water partition coefficient (Wildman–Crippen LogP) is 3.85. The Bertz CT molecular complexity index is 966. The van der Waals surface area contributed by atoms with E-state index in [4.69, 9.17) is 0 Å². The van der Waals surface area contributed by atoms with Crippen molar-refractivity contribution in [2.24, 2.45) is 4.99 Å². The molecule has 0 saturated heterocycles. The normalized spacial score (nSPS) is 12.1. The number of para-hydroxylation sites is 2. The summed E-state index contributed by atoms with van der Waals surface area (Å²) in [7, 11) is 1.65. The molecule has 6 nitrogen and oxygen atoms in total. The Morgan fingerprint density at radius 2 is 1.90 bits per heavy atom. The topological polar surface area (TPSA) is 67.1 Å². The molecule has 3 rings (SSSR count). The third-order valence-corrected chi connectivity index (χ3v) is 5.08. The number of fused-ring (bicyclic) bond motifs is 1. The van der Waals surface area contributed by atoms with Gasteiger partial charge in [-0.2, -0.15) is 13.2 Å². The number of hydrogen-bond acceptors (Lipinski definition) is 4. The van der Waals surface area contributed by atoms with Gasteiger partial charge in [0.15, 0.2) is 11.7 Å². The number of aryl methyl sites for hydroxylation is 1. The lowest BCUT2D eigenvalue weighted by Gasteiger charge is -2.13. The summed E-state index contributed by atoms with van der Waals surface area (Å²) in [5.74, 6) is 1.53. The lowest BCUT2D eigenvalue weighted by atomic mass is 10.3. The minimum atomic E-state index is -4.39. The van der Waals surface area contributed by atoms with Crippen molar-refractivity contribution < 1.29 is 13.2 Å². The highest BCUT2D eigenvalue weighted by Gasteiger charge is 2.33. The zero-order valence-corrected chi connectivity index (χ0v) is 19.1. The number of thiazole rings is 1. The number of halogens is 4. The van der Waals surface area contributed by atoms with Crippen LogP contribution in [0.2, 0.25) is 0 Å². The molecule has 29 heavy (non-hydrogen) atoms. The van der Waals surface area contributed by atoms with E-state index in [2.05, 4.69) is 30.2 Å². The van der Waals surface area contributed by atoms with Crippen molar-refractivity contribution in [3.8, 4) is 0 Å². The van der Waals surface area contributed by atoms with Crippen molar-refractivity contribution in [3.05, 3.63) is 46.2 Å². The number of guanidine groups is 1. The molecule has 0 fully saturated rings. The average Bonchev–Trinajstić information content (AvgIpc) is 3.25. The van der Waals surface area contributed by atoms with E-state index < -0.39 is 11.9 Å². The van der Waals surface area contributed by atoms with E-state index in [0.29, 0.717) is 37.0 Å². The van der Waals surface area contributed by atoms with Crippen molar-refractivity contribution >= 4 is 52.3 Å². The predicted molar refractivity (Wildman–Crippen MR) is 120 cm³/mol. The van der Waals surface area contributed by atoms with Crippen molar-refractivity contribution in [2.45, 2.75) is 26.1 Å². The van der Waals surface area contributed by atoms with Gasteiger partial charge in [0.1, 0.15) is 5.82 Å². The lowest BCUT2D eigenvalue weighted by molar-refractivity contribution is -0.140. The second-order valence-electron chi connectivity index (χ2n) is 6.10. The van der Waals surface area contributed by atoms with Crippen LogP contribution in [0.4, 0.5) is 13.2 Å². The Morgan fingerprint density at radius 1 is 1.17 bits per heavy atom. The quantitative estimate of drug-likeness (QED) is 0.285. The maximum atomic E-state index is 12.6. The first kappa shape index (κ1) is 23.4. The van der Waals surface area contributed by atoms with Crippen LogP contribution in [0.1, 0.15) is 16.5 Å². The summed E-state index contributed by atoms with van der Waals surface area (Å²) in [6.07, 6.45) is -4.00. The summed E-state index contributed by atoms with van der Waals surface area (Å²) < 4.78 is 39.9. The fourth-order valence-electron chi connectivity index (χ4n) is 2.83. The zero-order chi connectivity index (χ0) is 20.1. The van der Waals surface area contributed by atoms with Gasteiger partial charge in [0.05, 0.1) is 16.0 Å². The number of benzene rings is 1. The first-order valence-corrected chi connectivity index (χ1v) is 9.64. The van der Waals surface area contributed by atoms with Crippen LogP contribution in [-0.4, -0.2) is 40.6 Å². The molecule has 0 bridgehead atoms. The number of nitrogens with one attached hydrogen (secondary N) is 2. The van der Waals surface area contributed by atoms with Gasteiger partial charge >= 0.3 is 6.18 Å². The Morgan fingerprint density at radius 3 is 2.59 bits per heavy atom.